The van der Waals surface area contributed by atoms with E-state index in [9.17, 15) is 14.0 Å². The van der Waals surface area contributed by atoms with E-state index in [1.807, 2.05) is 0 Å². The van der Waals surface area contributed by atoms with E-state index in [2.05, 4.69) is 5.32 Å². The lowest BCUT2D eigenvalue weighted by molar-refractivity contribution is -0.134. The number of aryl methyl sites for hydroxylation is 1. The van der Waals surface area contributed by atoms with E-state index >= 15 is 0 Å². The summed E-state index contributed by atoms with van der Waals surface area (Å²) in [5.41, 5.74) is 1.07. The Morgan fingerprint density at radius 3 is 2.61 bits per heavy atom. The number of ether oxygens (including phenoxy) is 2. The lowest BCUT2D eigenvalue weighted by Gasteiger charge is -2.21. The molecule has 7 heteroatoms. The van der Waals surface area contributed by atoms with Gasteiger partial charge in [0.25, 0.3) is 0 Å². The van der Waals surface area contributed by atoms with Crippen molar-refractivity contribution >= 4 is 17.5 Å². The van der Waals surface area contributed by atoms with E-state index in [4.69, 9.17) is 9.47 Å². The van der Waals surface area contributed by atoms with E-state index in [1.165, 1.54) is 11.0 Å². The largest absolute Gasteiger partial charge is 0.486 e. The molecule has 0 saturated carbocycles. The summed E-state index contributed by atoms with van der Waals surface area (Å²) in [5, 5.41) is 2.77. The Kier molecular flexibility index (Phi) is 6.47. The molecule has 1 N–H and O–H groups in total. The number of hydrogen-bond acceptors (Lipinski definition) is 4. The fourth-order valence-electron chi connectivity index (χ4n) is 2.97. The molecule has 3 rings (SSSR count). The van der Waals surface area contributed by atoms with Crippen molar-refractivity contribution in [1.82, 2.24) is 4.90 Å². The van der Waals surface area contributed by atoms with Crippen molar-refractivity contribution in [3.05, 3.63) is 53.8 Å². The van der Waals surface area contributed by atoms with Gasteiger partial charge in [0.15, 0.2) is 11.5 Å². The zero-order chi connectivity index (χ0) is 19.9. The first-order chi connectivity index (χ1) is 13.6. The van der Waals surface area contributed by atoms with Gasteiger partial charge < -0.3 is 19.7 Å². The number of likely N-dealkylation sites (N-methyl/N-ethyl adjacent to an activating group) is 1. The molecule has 0 fully saturated rings. The molecule has 2 aromatic carbocycles. The van der Waals surface area contributed by atoms with Crippen LogP contribution < -0.4 is 14.8 Å². The SMILES string of the molecule is CCN(CC(=O)Nc1ccc2c(c1)OCCO2)C(=O)CCc1ccccc1F. The highest BCUT2D eigenvalue weighted by atomic mass is 19.1. The van der Waals surface area contributed by atoms with Gasteiger partial charge in [-0.05, 0) is 37.1 Å². The molecular weight excluding hydrogens is 363 g/mol. The number of halogens is 1. The van der Waals surface area contributed by atoms with Crippen molar-refractivity contribution in [3.63, 3.8) is 0 Å². The fourth-order valence-corrected chi connectivity index (χ4v) is 2.97. The highest BCUT2D eigenvalue weighted by Gasteiger charge is 2.17. The van der Waals surface area contributed by atoms with Crippen LogP contribution in [0.3, 0.4) is 0 Å². The van der Waals surface area contributed by atoms with E-state index in [0.717, 1.165) is 0 Å². The Bertz CT molecular complexity index is 856. The number of hydrogen-bond donors (Lipinski definition) is 1. The first kappa shape index (κ1) is 19.7. The van der Waals surface area contributed by atoms with Crippen molar-refractivity contribution in [2.45, 2.75) is 19.8 Å². The summed E-state index contributed by atoms with van der Waals surface area (Å²) in [6.07, 6.45) is 0.442. The lowest BCUT2D eigenvalue weighted by Crippen LogP contribution is -2.38. The molecule has 28 heavy (non-hydrogen) atoms. The van der Waals surface area contributed by atoms with Gasteiger partial charge in [0, 0.05) is 24.7 Å². The molecule has 2 aromatic rings. The van der Waals surface area contributed by atoms with Crippen molar-refractivity contribution in [2.75, 3.05) is 31.6 Å². The van der Waals surface area contributed by atoms with Gasteiger partial charge in [-0.2, -0.15) is 0 Å². The molecule has 0 unspecified atom stereocenters. The van der Waals surface area contributed by atoms with Gasteiger partial charge in [0.1, 0.15) is 19.0 Å². The van der Waals surface area contributed by atoms with Gasteiger partial charge in [-0.15, -0.1) is 0 Å². The Hall–Kier alpha value is -3.09. The number of nitrogens with zero attached hydrogens (tertiary/aromatic N) is 1. The van der Waals surface area contributed by atoms with E-state index in [0.29, 0.717) is 48.9 Å². The smallest absolute Gasteiger partial charge is 0.243 e. The minimum atomic E-state index is -0.324. The summed E-state index contributed by atoms with van der Waals surface area (Å²) >= 11 is 0. The number of carbonyl (C=O) groups excluding carboxylic acids is 2. The van der Waals surface area contributed by atoms with Gasteiger partial charge in [-0.3, -0.25) is 9.59 Å². The first-order valence-corrected chi connectivity index (χ1v) is 9.27. The Balaban J connectivity index is 1.54. The molecule has 0 aliphatic carbocycles. The number of amides is 2. The molecule has 1 heterocycles. The number of rotatable bonds is 7. The molecule has 148 valence electrons. The van der Waals surface area contributed by atoms with E-state index < -0.39 is 0 Å². The third-order valence-electron chi connectivity index (χ3n) is 4.46. The summed E-state index contributed by atoms with van der Waals surface area (Å²) < 4.78 is 24.6. The third-order valence-corrected chi connectivity index (χ3v) is 4.46. The van der Waals surface area contributed by atoms with Crippen molar-refractivity contribution in [3.8, 4) is 11.5 Å². The first-order valence-electron chi connectivity index (χ1n) is 9.27. The maximum Gasteiger partial charge on any atom is 0.243 e. The van der Waals surface area contributed by atoms with Crippen molar-refractivity contribution in [2.24, 2.45) is 0 Å². The second-order valence-electron chi connectivity index (χ2n) is 6.41. The Morgan fingerprint density at radius 2 is 1.86 bits per heavy atom. The standard InChI is InChI=1S/C21H23FN2O4/c1-2-24(21(26)10-7-15-5-3-4-6-17(15)22)14-20(25)23-16-8-9-18-19(13-16)28-12-11-27-18/h3-6,8-9,13H,2,7,10-12,14H2,1H3,(H,23,25). The highest BCUT2D eigenvalue weighted by Crippen LogP contribution is 2.32. The third kappa shape index (κ3) is 5.00. The Morgan fingerprint density at radius 1 is 1.11 bits per heavy atom. The van der Waals surface area contributed by atoms with Gasteiger partial charge in [0.05, 0.1) is 6.54 Å². The number of nitrogens with one attached hydrogen (secondary N) is 1. The molecule has 0 bridgehead atoms. The molecule has 0 radical (unpaired) electrons. The summed E-state index contributed by atoms with van der Waals surface area (Å²) in [6.45, 7) is 3.09. The quantitative estimate of drug-likeness (QED) is 0.794. The summed E-state index contributed by atoms with van der Waals surface area (Å²) in [6, 6.07) is 11.5. The van der Waals surface area contributed by atoms with Crippen LogP contribution in [-0.2, 0) is 16.0 Å². The van der Waals surface area contributed by atoms with Gasteiger partial charge in [-0.25, -0.2) is 4.39 Å². The topological polar surface area (TPSA) is 67.9 Å². The zero-order valence-corrected chi connectivity index (χ0v) is 15.7. The molecule has 1 aliphatic rings. The molecule has 1 aliphatic heterocycles. The molecule has 2 amide bonds. The van der Waals surface area contributed by atoms with Crippen molar-refractivity contribution < 1.29 is 23.5 Å². The van der Waals surface area contributed by atoms with Crippen LogP contribution in [0.2, 0.25) is 0 Å². The van der Waals surface area contributed by atoms with Gasteiger partial charge >= 0.3 is 0 Å². The summed E-state index contributed by atoms with van der Waals surface area (Å²) in [7, 11) is 0. The molecule has 0 aromatic heterocycles. The average Bonchev–Trinajstić information content (AvgIpc) is 2.71. The van der Waals surface area contributed by atoms with Crippen LogP contribution in [0.1, 0.15) is 18.9 Å². The summed E-state index contributed by atoms with van der Waals surface area (Å²) in [5.74, 6) is 0.399. The van der Waals surface area contributed by atoms with Gasteiger partial charge in [0.2, 0.25) is 11.8 Å². The monoisotopic (exact) mass is 386 g/mol. The van der Waals surface area contributed by atoms with Crippen LogP contribution in [-0.4, -0.2) is 43.0 Å². The average molecular weight is 386 g/mol. The molecular formula is C21H23FN2O4. The van der Waals surface area contributed by atoms with E-state index in [1.54, 1.807) is 43.3 Å². The number of anilines is 1. The summed E-state index contributed by atoms with van der Waals surface area (Å²) in [4.78, 5) is 26.2. The number of fused-ring (bicyclic) bond motifs is 1. The normalized spacial score (nSPS) is 12.4. The van der Waals surface area contributed by atoms with E-state index in [-0.39, 0.29) is 30.6 Å². The number of carbonyl (C=O) groups is 2. The molecule has 6 nitrogen and oxygen atoms in total. The van der Waals surface area contributed by atoms with Crippen LogP contribution >= 0.6 is 0 Å². The Labute approximate surface area is 163 Å². The minimum Gasteiger partial charge on any atom is -0.486 e. The predicted molar refractivity (Wildman–Crippen MR) is 103 cm³/mol. The van der Waals surface area contributed by atoms with Crippen LogP contribution in [0.5, 0.6) is 11.5 Å². The number of benzene rings is 2. The lowest BCUT2D eigenvalue weighted by atomic mass is 10.1. The van der Waals surface area contributed by atoms with Crippen molar-refractivity contribution in [1.29, 1.82) is 0 Å². The predicted octanol–water partition coefficient (Wildman–Crippen LogP) is 3.02. The fraction of sp³-hybridized carbons (Fsp3) is 0.333. The highest BCUT2D eigenvalue weighted by molar-refractivity contribution is 5.94. The molecule has 0 saturated heterocycles. The second kappa shape index (κ2) is 9.21. The van der Waals surface area contributed by atoms with Gasteiger partial charge in [-0.1, -0.05) is 18.2 Å². The van der Waals surface area contributed by atoms with Crippen LogP contribution in [0.15, 0.2) is 42.5 Å². The minimum absolute atomic E-state index is 0.0684. The van der Waals surface area contributed by atoms with Crippen LogP contribution in [0.4, 0.5) is 10.1 Å². The zero-order valence-electron chi connectivity index (χ0n) is 15.7. The molecule has 0 spiro atoms. The molecule has 0 atom stereocenters. The maximum absolute atomic E-state index is 13.7. The second-order valence-corrected chi connectivity index (χ2v) is 6.41. The van der Waals surface area contributed by atoms with Crippen LogP contribution in [0, 0.1) is 5.82 Å². The van der Waals surface area contributed by atoms with Crippen LogP contribution in [0.25, 0.3) is 0 Å². The maximum atomic E-state index is 13.7.